The Hall–Kier alpha value is -2.28. The molecular weight excluding hydrogens is 325 g/mol. The number of aliphatic imine (C=N–C) groups is 1. The van der Waals surface area contributed by atoms with Gasteiger partial charge in [-0.2, -0.15) is 13.2 Å². The topological polar surface area (TPSA) is 32.7 Å². The lowest BCUT2D eigenvalue weighted by molar-refractivity contribution is -0.137. The van der Waals surface area contributed by atoms with E-state index in [9.17, 15) is 18.0 Å². The summed E-state index contributed by atoms with van der Waals surface area (Å²) in [6.07, 6.45) is -4.42. The maximum Gasteiger partial charge on any atom is 0.416 e. The summed E-state index contributed by atoms with van der Waals surface area (Å²) >= 11 is 1.21. The van der Waals surface area contributed by atoms with Crippen molar-refractivity contribution in [1.29, 1.82) is 0 Å². The quantitative estimate of drug-likeness (QED) is 0.810. The molecular formula is C16H11F3N2OS. The summed E-state index contributed by atoms with van der Waals surface area (Å²) in [6, 6.07) is 13.6. The molecule has 0 aliphatic carbocycles. The summed E-state index contributed by atoms with van der Waals surface area (Å²) < 4.78 is 38.3. The van der Waals surface area contributed by atoms with Gasteiger partial charge in [-0.3, -0.25) is 9.69 Å². The summed E-state index contributed by atoms with van der Waals surface area (Å²) in [7, 11) is 0. The number of amidine groups is 1. The molecule has 3 rings (SSSR count). The minimum atomic E-state index is -4.42. The third kappa shape index (κ3) is 3.39. The SMILES string of the molecule is O=C1CSC(=Nc2cccc(C(F)(F)F)c2)N1c1ccccc1. The van der Waals surface area contributed by atoms with Crippen LogP contribution in [0.3, 0.4) is 0 Å². The van der Waals surface area contributed by atoms with Crippen LogP contribution >= 0.6 is 11.8 Å². The van der Waals surface area contributed by atoms with E-state index in [1.54, 1.807) is 24.3 Å². The Morgan fingerprint density at radius 2 is 1.78 bits per heavy atom. The number of hydrogen-bond acceptors (Lipinski definition) is 3. The van der Waals surface area contributed by atoms with Gasteiger partial charge in [-0.1, -0.05) is 36.0 Å². The maximum absolute atomic E-state index is 12.8. The fraction of sp³-hybridized carbons (Fsp3) is 0.125. The van der Waals surface area contributed by atoms with Crippen LogP contribution in [0.4, 0.5) is 24.5 Å². The Morgan fingerprint density at radius 1 is 1.04 bits per heavy atom. The lowest BCUT2D eigenvalue weighted by Crippen LogP contribution is -2.28. The van der Waals surface area contributed by atoms with Crippen LogP contribution in [-0.2, 0) is 11.0 Å². The Labute approximate surface area is 134 Å². The number of amides is 1. The average molecular weight is 336 g/mol. The van der Waals surface area contributed by atoms with Crippen molar-refractivity contribution in [3.05, 3.63) is 60.2 Å². The maximum atomic E-state index is 12.8. The number of carbonyl (C=O) groups excluding carboxylic acids is 1. The van der Waals surface area contributed by atoms with Gasteiger partial charge in [-0.15, -0.1) is 0 Å². The summed E-state index contributed by atoms with van der Waals surface area (Å²) in [5.41, 5.74) is 0.0473. The number of thioether (sulfide) groups is 1. The average Bonchev–Trinajstić information content (AvgIpc) is 2.88. The normalized spacial score (nSPS) is 17.1. The molecule has 0 aromatic heterocycles. The highest BCUT2D eigenvalue weighted by Gasteiger charge is 2.32. The molecule has 2 aromatic carbocycles. The third-order valence-corrected chi connectivity index (χ3v) is 4.10. The Balaban J connectivity index is 1.97. The molecule has 0 unspecified atom stereocenters. The number of para-hydroxylation sites is 1. The predicted octanol–water partition coefficient (Wildman–Crippen LogP) is 4.47. The zero-order chi connectivity index (χ0) is 16.4. The van der Waals surface area contributed by atoms with Crippen LogP contribution < -0.4 is 4.90 Å². The fourth-order valence-electron chi connectivity index (χ4n) is 2.14. The minimum Gasteiger partial charge on any atom is -0.273 e. The Bertz CT molecular complexity index is 759. The van der Waals surface area contributed by atoms with E-state index in [1.807, 2.05) is 6.07 Å². The van der Waals surface area contributed by atoms with Gasteiger partial charge in [-0.25, -0.2) is 4.99 Å². The van der Waals surface area contributed by atoms with Gasteiger partial charge in [0.05, 0.1) is 22.7 Å². The van der Waals surface area contributed by atoms with E-state index in [1.165, 1.54) is 28.8 Å². The zero-order valence-corrected chi connectivity index (χ0v) is 12.6. The molecule has 1 aliphatic heterocycles. The second-order valence-electron chi connectivity index (χ2n) is 4.80. The van der Waals surface area contributed by atoms with Gasteiger partial charge in [0.15, 0.2) is 5.17 Å². The zero-order valence-electron chi connectivity index (χ0n) is 11.7. The van der Waals surface area contributed by atoms with Crippen LogP contribution in [0.5, 0.6) is 0 Å². The van der Waals surface area contributed by atoms with E-state index >= 15 is 0 Å². The monoisotopic (exact) mass is 336 g/mol. The second-order valence-corrected chi connectivity index (χ2v) is 5.74. The van der Waals surface area contributed by atoms with Crippen molar-refractivity contribution < 1.29 is 18.0 Å². The molecule has 7 heteroatoms. The minimum absolute atomic E-state index is 0.146. The highest BCUT2D eigenvalue weighted by atomic mass is 32.2. The molecule has 1 heterocycles. The third-order valence-electron chi connectivity index (χ3n) is 3.18. The lowest BCUT2D eigenvalue weighted by Gasteiger charge is -2.16. The van der Waals surface area contributed by atoms with E-state index in [0.717, 1.165) is 12.1 Å². The van der Waals surface area contributed by atoms with Crippen molar-refractivity contribution >= 4 is 34.2 Å². The van der Waals surface area contributed by atoms with E-state index in [-0.39, 0.29) is 17.3 Å². The molecule has 0 bridgehead atoms. The van der Waals surface area contributed by atoms with Crippen molar-refractivity contribution in [3.63, 3.8) is 0 Å². The van der Waals surface area contributed by atoms with Gasteiger partial charge in [0.25, 0.3) is 0 Å². The summed E-state index contributed by atoms with van der Waals surface area (Å²) in [4.78, 5) is 17.7. The number of carbonyl (C=O) groups is 1. The Morgan fingerprint density at radius 3 is 2.48 bits per heavy atom. The van der Waals surface area contributed by atoms with E-state index in [2.05, 4.69) is 4.99 Å². The first kappa shape index (κ1) is 15.6. The molecule has 0 radical (unpaired) electrons. The highest BCUT2D eigenvalue weighted by Crippen LogP contribution is 2.33. The highest BCUT2D eigenvalue weighted by molar-refractivity contribution is 8.15. The number of anilines is 1. The van der Waals surface area contributed by atoms with E-state index in [4.69, 9.17) is 0 Å². The standard InChI is InChI=1S/C16H11F3N2OS/c17-16(18,19)11-5-4-6-12(9-11)20-15-21(14(22)10-23-15)13-7-2-1-3-8-13/h1-9H,10H2. The fourth-order valence-corrected chi connectivity index (χ4v) is 3.03. The Kier molecular flexibility index (Phi) is 4.12. The number of alkyl halides is 3. The first-order valence-corrected chi connectivity index (χ1v) is 7.70. The van der Waals surface area contributed by atoms with Gasteiger partial charge in [0, 0.05) is 0 Å². The molecule has 118 valence electrons. The number of benzene rings is 2. The van der Waals surface area contributed by atoms with Gasteiger partial charge >= 0.3 is 6.18 Å². The summed E-state index contributed by atoms with van der Waals surface area (Å²) in [6.45, 7) is 0. The van der Waals surface area contributed by atoms with Crippen LogP contribution in [0.25, 0.3) is 0 Å². The van der Waals surface area contributed by atoms with Crippen LogP contribution in [0.1, 0.15) is 5.56 Å². The largest absolute Gasteiger partial charge is 0.416 e. The summed E-state index contributed by atoms with van der Waals surface area (Å²) in [5.74, 6) is 0.0686. The van der Waals surface area contributed by atoms with Gasteiger partial charge in [0.1, 0.15) is 0 Å². The van der Waals surface area contributed by atoms with Crippen LogP contribution in [-0.4, -0.2) is 16.8 Å². The predicted molar refractivity (Wildman–Crippen MR) is 84.9 cm³/mol. The first-order chi connectivity index (χ1) is 10.9. The van der Waals surface area contributed by atoms with Crippen LogP contribution in [0, 0.1) is 0 Å². The molecule has 1 aliphatic rings. The number of halogens is 3. The van der Waals surface area contributed by atoms with Gasteiger partial charge in [-0.05, 0) is 30.3 Å². The number of nitrogens with zero attached hydrogens (tertiary/aromatic N) is 2. The van der Waals surface area contributed by atoms with Gasteiger partial charge in [0.2, 0.25) is 5.91 Å². The van der Waals surface area contributed by atoms with E-state index in [0.29, 0.717) is 10.9 Å². The van der Waals surface area contributed by atoms with Crippen LogP contribution in [0.2, 0.25) is 0 Å². The molecule has 3 nitrogen and oxygen atoms in total. The van der Waals surface area contributed by atoms with E-state index < -0.39 is 11.7 Å². The number of rotatable bonds is 2. The number of hydrogen-bond donors (Lipinski definition) is 0. The molecule has 1 saturated heterocycles. The second kappa shape index (κ2) is 6.08. The molecule has 1 fully saturated rings. The van der Waals surface area contributed by atoms with Crippen molar-refractivity contribution in [1.82, 2.24) is 0 Å². The molecule has 0 saturated carbocycles. The van der Waals surface area contributed by atoms with Crippen LogP contribution in [0.15, 0.2) is 59.6 Å². The van der Waals surface area contributed by atoms with Gasteiger partial charge < -0.3 is 0 Å². The molecule has 0 N–H and O–H groups in total. The van der Waals surface area contributed by atoms with Crippen molar-refractivity contribution in [2.24, 2.45) is 4.99 Å². The lowest BCUT2D eigenvalue weighted by atomic mass is 10.2. The molecule has 23 heavy (non-hydrogen) atoms. The molecule has 1 amide bonds. The molecule has 2 aromatic rings. The summed E-state index contributed by atoms with van der Waals surface area (Å²) in [5, 5.41) is 0.375. The van der Waals surface area contributed by atoms with Crippen molar-refractivity contribution in [2.45, 2.75) is 6.18 Å². The first-order valence-electron chi connectivity index (χ1n) is 6.72. The molecule has 0 atom stereocenters. The molecule has 0 spiro atoms. The smallest absolute Gasteiger partial charge is 0.273 e. The van der Waals surface area contributed by atoms with Crippen molar-refractivity contribution in [2.75, 3.05) is 10.7 Å². The van der Waals surface area contributed by atoms with Crippen molar-refractivity contribution in [3.8, 4) is 0 Å².